The van der Waals surface area contributed by atoms with Gasteiger partial charge in [0.1, 0.15) is 11.6 Å². The summed E-state index contributed by atoms with van der Waals surface area (Å²) < 4.78 is 6.52. The van der Waals surface area contributed by atoms with Crippen molar-refractivity contribution in [1.82, 2.24) is 24.9 Å². The van der Waals surface area contributed by atoms with Crippen LogP contribution in [0.25, 0.3) is 11.4 Å². The molecule has 9 heteroatoms. The normalized spacial score (nSPS) is 26.3. The zero-order valence-corrected chi connectivity index (χ0v) is 18.5. The van der Waals surface area contributed by atoms with Gasteiger partial charge in [0, 0.05) is 24.0 Å². The molecule has 4 atom stereocenters. The van der Waals surface area contributed by atoms with Crippen molar-refractivity contribution in [3.63, 3.8) is 0 Å². The van der Waals surface area contributed by atoms with E-state index in [0.717, 1.165) is 12.0 Å². The van der Waals surface area contributed by atoms with Gasteiger partial charge in [0.2, 0.25) is 11.7 Å². The molecule has 3 fully saturated rings. The minimum Gasteiger partial charge on any atom is -0.379 e. The van der Waals surface area contributed by atoms with Crippen molar-refractivity contribution < 1.29 is 4.52 Å². The fraction of sp³-hybridized carbons (Fsp3) is 0.500. The monoisotopic (exact) mass is 440 g/mol. The van der Waals surface area contributed by atoms with Gasteiger partial charge < -0.3 is 9.84 Å². The zero-order valence-electron chi connectivity index (χ0n) is 17.7. The predicted octanol–water partition coefficient (Wildman–Crippen LogP) is 3.87. The molecule has 8 nitrogen and oxygen atoms in total. The van der Waals surface area contributed by atoms with Crippen LogP contribution in [0.15, 0.2) is 40.0 Å². The van der Waals surface area contributed by atoms with E-state index < -0.39 is 0 Å². The van der Waals surface area contributed by atoms with Crippen LogP contribution in [0.2, 0.25) is 5.02 Å². The number of halogens is 1. The highest BCUT2D eigenvalue weighted by atomic mass is 35.5. The molecule has 162 valence electrons. The van der Waals surface area contributed by atoms with Crippen molar-refractivity contribution in [2.75, 3.05) is 5.32 Å². The van der Waals surface area contributed by atoms with E-state index in [2.05, 4.69) is 46.3 Å². The summed E-state index contributed by atoms with van der Waals surface area (Å²) in [4.78, 5) is 21.1. The van der Waals surface area contributed by atoms with Crippen molar-refractivity contribution in [2.45, 2.75) is 46.2 Å². The summed E-state index contributed by atoms with van der Waals surface area (Å²) in [5, 5.41) is 11.9. The van der Waals surface area contributed by atoms with E-state index in [4.69, 9.17) is 16.1 Å². The second kappa shape index (κ2) is 7.44. The van der Waals surface area contributed by atoms with Gasteiger partial charge in [0.25, 0.3) is 5.56 Å². The maximum absolute atomic E-state index is 12.8. The maximum Gasteiger partial charge on any atom is 0.288 e. The average molecular weight is 441 g/mol. The molecule has 0 unspecified atom stereocenters. The standard InChI is InChI=1S/C22H25ClN6O2/c1-12-15-8-14(22(15,2)3)9-16(12)26-17-10-25-29(21(30)19(17)23)11-18-27-20(28-31-18)13-4-6-24-7-5-13/h4-7,10,12,14-16,26H,8-9,11H2,1-3H3/t12-,14+,15+,16+/m0/s1. The molecule has 0 amide bonds. The van der Waals surface area contributed by atoms with Crippen LogP contribution < -0.4 is 10.9 Å². The summed E-state index contributed by atoms with van der Waals surface area (Å²) in [6, 6.07) is 3.87. The van der Waals surface area contributed by atoms with Crippen LogP contribution in [0, 0.1) is 23.2 Å². The first-order valence-electron chi connectivity index (χ1n) is 10.6. The van der Waals surface area contributed by atoms with Gasteiger partial charge in [-0.1, -0.05) is 37.5 Å². The van der Waals surface area contributed by atoms with Crippen molar-refractivity contribution in [2.24, 2.45) is 23.2 Å². The summed E-state index contributed by atoms with van der Waals surface area (Å²) in [6.45, 7) is 7.07. The summed E-state index contributed by atoms with van der Waals surface area (Å²) >= 11 is 6.43. The number of pyridine rings is 1. The molecule has 6 rings (SSSR count). The van der Waals surface area contributed by atoms with Gasteiger partial charge >= 0.3 is 0 Å². The van der Waals surface area contributed by atoms with Crippen molar-refractivity contribution in [1.29, 1.82) is 0 Å². The molecule has 0 aliphatic heterocycles. The SMILES string of the molecule is C[C@H]1[C@H]2C[C@H](C[C@H]1Nc1cnn(Cc3nc(-c4ccncc4)no3)c(=O)c1Cl)C2(C)C. The van der Waals surface area contributed by atoms with E-state index in [1.807, 2.05) is 0 Å². The Morgan fingerprint density at radius 2 is 2.06 bits per heavy atom. The van der Waals surface area contributed by atoms with Crippen LogP contribution >= 0.6 is 11.6 Å². The Morgan fingerprint density at radius 1 is 1.29 bits per heavy atom. The number of rotatable bonds is 5. The average Bonchev–Trinajstić information content (AvgIpc) is 3.23. The summed E-state index contributed by atoms with van der Waals surface area (Å²) in [7, 11) is 0. The molecule has 0 saturated heterocycles. The Morgan fingerprint density at radius 3 is 2.77 bits per heavy atom. The highest BCUT2D eigenvalue weighted by Crippen LogP contribution is 2.61. The van der Waals surface area contributed by atoms with E-state index in [1.54, 1.807) is 30.7 Å². The lowest BCUT2D eigenvalue weighted by Crippen LogP contribution is -2.58. The zero-order chi connectivity index (χ0) is 21.8. The molecule has 3 aliphatic rings. The molecule has 3 saturated carbocycles. The molecule has 0 radical (unpaired) electrons. The van der Waals surface area contributed by atoms with E-state index in [-0.39, 0.29) is 23.0 Å². The minimum atomic E-state index is -0.385. The Balaban J connectivity index is 1.31. The van der Waals surface area contributed by atoms with Crippen LogP contribution in [0.3, 0.4) is 0 Å². The predicted molar refractivity (Wildman–Crippen MR) is 117 cm³/mol. The smallest absolute Gasteiger partial charge is 0.288 e. The van der Waals surface area contributed by atoms with Gasteiger partial charge in [-0.2, -0.15) is 10.1 Å². The molecule has 1 N–H and O–H groups in total. The second-order valence-corrected chi connectivity index (χ2v) is 9.67. The van der Waals surface area contributed by atoms with Crippen LogP contribution in [0.4, 0.5) is 5.69 Å². The molecule has 0 spiro atoms. The Kier molecular flexibility index (Phi) is 4.84. The lowest BCUT2D eigenvalue weighted by atomic mass is 9.45. The van der Waals surface area contributed by atoms with Crippen LogP contribution in [0.5, 0.6) is 0 Å². The largest absolute Gasteiger partial charge is 0.379 e. The topological polar surface area (TPSA) is 98.7 Å². The molecule has 3 aromatic rings. The number of anilines is 1. The minimum absolute atomic E-state index is 0.0507. The van der Waals surface area contributed by atoms with Gasteiger partial charge in [-0.15, -0.1) is 0 Å². The quantitative estimate of drug-likeness (QED) is 0.642. The first-order valence-corrected chi connectivity index (χ1v) is 11.0. The number of hydrogen-bond donors (Lipinski definition) is 1. The number of aromatic nitrogens is 5. The van der Waals surface area contributed by atoms with Crippen molar-refractivity contribution in [3.8, 4) is 11.4 Å². The van der Waals surface area contributed by atoms with Gasteiger partial charge in [-0.3, -0.25) is 9.78 Å². The molecule has 0 aromatic carbocycles. The maximum atomic E-state index is 12.8. The molecule has 3 aliphatic carbocycles. The number of nitrogens with one attached hydrogen (secondary N) is 1. The van der Waals surface area contributed by atoms with Crippen LogP contribution in [-0.4, -0.2) is 30.9 Å². The molecular weight excluding hydrogens is 416 g/mol. The lowest BCUT2D eigenvalue weighted by molar-refractivity contribution is -0.105. The van der Waals surface area contributed by atoms with E-state index in [1.165, 1.54) is 11.1 Å². The summed E-state index contributed by atoms with van der Waals surface area (Å²) in [5.41, 5.74) is 1.39. The van der Waals surface area contributed by atoms with Crippen molar-refractivity contribution >= 4 is 17.3 Å². The van der Waals surface area contributed by atoms with Crippen LogP contribution in [0.1, 0.15) is 39.5 Å². The molecule has 3 heterocycles. The van der Waals surface area contributed by atoms with E-state index >= 15 is 0 Å². The number of fused-ring (bicyclic) bond motifs is 2. The highest BCUT2D eigenvalue weighted by Gasteiger charge is 2.56. The number of hydrogen-bond acceptors (Lipinski definition) is 7. The van der Waals surface area contributed by atoms with Gasteiger partial charge in [0.05, 0.1) is 11.9 Å². The van der Waals surface area contributed by atoms with Gasteiger partial charge in [-0.25, -0.2) is 4.68 Å². The fourth-order valence-corrected chi connectivity index (χ4v) is 5.48. The lowest BCUT2D eigenvalue weighted by Gasteiger charge is -2.62. The molecule has 2 bridgehead atoms. The van der Waals surface area contributed by atoms with Crippen molar-refractivity contribution in [3.05, 3.63) is 52.0 Å². The Labute approximate surface area is 185 Å². The van der Waals surface area contributed by atoms with Gasteiger partial charge in [0.15, 0.2) is 0 Å². The first kappa shape index (κ1) is 20.2. The van der Waals surface area contributed by atoms with E-state index in [9.17, 15) is 4.79 Å². The Hall–Kier alpha value is -2.74. The third kappa shape index (κ3) is 3.43. The molecule has 31 heavy (non-hydrogen) atoms. The molecule has 3 aromatic heterocycles. The summed E-state index contributed by atoms with van der Waals surface area (Å²) in [5.74, 6) is 2.64. The fourth-order valence-electron chi connectivity index (χ4n) is 5.28. The van der Waals surface area contributed by atoms with E-state index in [0.29, 0.717) is 40.7 Å². The van der Waals surface area contributed by atoms with Crippen LogP contribution in [-0.2, 0) is 6.54 Å². The highest BCUT2D eigenvalue weighted by molar-refractivity contribution is 6.32. The molecular formula is C22H25ClN6O2. The van der Waals surface area contributed by atoms with Gasteiger partial charge in [-0.05, 0) is 48.1 Å². The number of nitrogens with zero attached hydrogens (tertiary/aromatic N) is 5. The third-order valence-corrected chi connectivity index (χ3v) is 7.74. The third-order valence-electron chi connectivity index (χ3n) is 7.37. The Bertz CT molecular complexity index is 1160. The second-order valence-electron chi connectivity index (χ2n) is 9.29. The first-order chi connectivity index (χ1) is 14.8. The summed E-state index contributed by atoms with van der Waals surface area (Å²) in [6.07, 6.45) is 7.30.